The van der Waals surface area contributed by atoms with E-state index in [-0.39, 0.29) is 16.9 Å². The van der Waals surface area contributed by atoms with Crippen LogP contribution in [0.1, 0.15) is 34.3 Å². The molecule has 150 valence electrons. The molecule has 0 saturated carbocycles. The van der Waals surface area contributed by atoms with E-state index < -0.39 is 10.0 Å². The highest BCUT2D eigenvalue weighted by atomic mass is 32.2. The van der Waals surface area contributed by atoms with Crippen molar-refractivity contribution in [3.8, 4) is 5.75 Å². The summed E-state index contributed by atoms with van der Waals surface area (Å²) in [6, 6.07) is 12.2. The molecule has 1 heterocycles. The molecule has 6 nitrogen and oxygen atoms in total. The van der Waals surface area contributed by atoms with Crippen LogP contribution >= 0.6 is 0 Å². The van der Waals surface area contributed by atoms with Crippen molar-refractivity contribution in [2.45, 2.75) is 37.7 Å². The highest BCUT2D eigenvalue weighted by Crippen LogP contribution is 2.24. The van der Waals surface area contributed by atoms with Gasteiger partial charge in [0.1, 0.15) is 11.9 Å². The lowest BCUT2D eigenvalue weighted by atomic mass is 10.1. The number of ether oxygens (including phenoxy) is 1. The Morgan fingerprint density at radius 3 is 2.32 bits per heavy atom. The van der Waals surface area contributed by atoms with Gasteiger partial charge in [0, 0.05) is 31.5 Å². The minimum absolute atomic E-state index is 0.0846. The largest absolute Gasteiger partial charge is 0.490 e. The Labute approximate surface area is 166 Å². The Bertz CT molecular complexity index is 947. The zero-order chi connectivity index (χ0) is 20.3. The summed E-state index contributed by atoms with van der Waals surface area (Å²) in [5, 5.41) is 0. The van der Waals surface area contributed by atoms with E-state index >= 15 is 0 Å². The summed E-state index contributed by atoms with van der Waals surface area (Å²) in [7, 11) is -2.14. The number of carbonyl (C=O) groups is 1. The number of rotatable bonds is 5. The van der Waals surface area contributed by atoms with Gasteiger partial charge in [-0.1, -0.05) is 12.1 Å². The number of hydrogen-bond acceptors (Lipinski definition) is 4. The fraction of sp³-hybridized carbons (Fsp3) is 0.381. The predicted molar refractivity (Wildman–Crippen MR) is 108 cm³/mol. The van der Waals surface area contributed by atoms with Gasteiger partial charge in [-0.15, -0.1) is 0 Å². The van der Waals surface area contributed by atoms with E-state index in [0.29, 0.717) is 18.7 Å². The number of amides is 1. The number of likely N-dealkylation sites (tertiary alicyclic amines) is 1. The Kier molecular flexibility index (Phi) is 6.05. The second kappa shape index (κ2) is 8.32. The van der Waals surface area contributed by atoms with Gasteiger partial charge in [0.2, 0.25) is 10.0 Å². The highest BCUT2D eigenvalue weighted by molar-refractivity contribution is 7.89. The van der Waals surface area contributed by atoms with Crippen LogP contribution in [0.4, 0.5) is 0 Å². The Balaban J connectivity index is 1.60. The van der Waals surface area contributed by atoms with Gasteiger partial charge in [-0.2, -0.15) is 0 Å². The first-order valence-electron chi connectivity index (χ1n) is 9.37. The van der Waals surface area contributed by atoms with Gasteiger partial charge in [-0.3, -0.25) is 4.79 Å². The molecule has 2 aromatic carbocycles. The van der Waals surface area contributed by atoms with Gasteiger partial charge in [0.05, 0.1) is 4.90 Å². The van der Waals surface area contributed by atoms with Crippen LogP contribution < -0.4 is 9.46 Å². The summed E-state index contributed by atoms with van der Waals surface area (Å²) in [6.07, 6.45) is 1.63. The molecule has 0 bridgehead atoms. The second-order valence-corrected chi connectivity index (χ2v) is 9.00. The molecule has 7 heteroatoms. The molecule has 3 rings (SSSR count). The fourth-order valence-electron chi connectivity index (χ4n) is 3.27. The molecular formula is C21H26N2O4S. The van der Waals surface area contributed by atoms with E-state index in [4.69, 9.17) is 4.74 Å². The number of nitrogens with zero attached hydrogens (tertiary/aromatic N) is 1. The summed E-state index contributed by atoms with van der Waals surface area (Å²) >= 11 is 0. The monoisotopic (exact) mass is 402 g/mol. The third-order valence-corrected chi connectivity index (χ3v) is 6.48. The number of aryl methyl sites for hydroxylation is 2. The number of nitrogens with one attached hydrogen (secondary N) is 1. The molecule has 0 aromatic heterocycles. The van der Waals surface area contributed by atoms with E-state index in [1.54, 1.807) is 17.0 Å². The molecule has 0 unspecified atom stereocenters. The lowest BCUT2D eigenvalue weighted by Gasteiger charge is -2.32. The highest BCUT2D eigenvalue weighted by Gasteiger charge is 2.25. The van der Waals surface area contributed by atoms with Crippen molar-refractivity contribution in [3.63, 3.8) is 0 Å². The fourth-order valence-corrected chi connectivity index (χ4v) is 4.00. The standard InChI is InChI=1S/C21H26N2O4S/c1-15-4-5-16(2)20(14-15)27-18-10-12-23(13-11-18)21(24)17-6-8-19(9-7-17)28(25,26)22-3/h4-9,14,18,22H,10-13H2,1-3H3. The van der Waals surface area contributed by atoms with Crippen molar-refractivity contribution in [1.82, 2.24) is 9.62 Å². The van der Waals surface area contributed by atoms with E-state index in [1.807, 2.05) is 19.9 Å². The Hall–Kier alpha value is -2.38. The van der Waals surface area contributed by atoms with Crippen LogP contribution in [0.15, 0.2) is 47.4 Å². The quantitative estimate of drug-likeness (QED) is 0.834. The summed E-state index contributed by atoms with van der Waals surface area (Å²) < 4.78 is 32.0. The van der Waals surface area contributed by atoms with Crippen LogP contribution in [0.5, 0.6) is 5.75 Å². The second-order valence-electron chi connectivity index (χ2n) is 7.11. The van der Waals surface area contributed by atoms with Crippen LogP contribution in [0.3, 0.4) is 0 Å². The molecule has 0 atom stereocenters. The van der Waals surface area contributed by atoms with Gasteiger partial charge in [-0.05, 0) is 62.4 Å². The minimum Gasteiger partial charge on any atom is -0.490 e. The van der Waals surface area contributed by atoms with Crippen molar-refractivity contribution in [2.75, 3.05) is 20.1 Å². The van der Waals surface area contributed by atoms with E-state index in [9.17, 15) is 13.2 Å². The Morgan fingerprint density at radius 2 is 1.71 bits per heavy atom. The maximum Gasteiger partial charge on any atom is 0.253 e. The van der Waals surface area contributed by atoms with Crippen LogP contribution in [0.2, 0.25) is 0 Å². The number of hydrogen-bond donors (Lipinski definition) is 1. The molecule has 1 aliphatic rings. The van der Waals surface area contributed by atoms with Crippen molar-refractivity contribution in [3.05, 3.63) is 59.2 Å². The van der Waals surface area contributed by atoms with Crippen molar-refractivity contribution >= 4 is 15.9 Å². The number of benzene rings is 2. The van der Waals surface area contributed by atoms with Crippen molar-refractivity contribution < 1.29 is 17.9 Å². The first-order valence-corrected chi connectivity index (χ1v) is 10.9. The molecular weight excluding hydrogens is 376 g/mol. The molecule has 1 aliphatic heterocycles. The van der Waals surface area contributed by atoms with Crippen LogP contribution in [-0.4, -0.2) is 45.5 Å². The zero-order valence-electron chi connectivity index (χ0n) is 16.4. The third-order valence-electron chi connectivity index (χ3n) is 5.05. The van der Waals surface area contributed by atoms with Crippen molar-refractivity contribution in [1.29, 1.82) is 0 Å². The first-order chi connectivity index (χ1) is 13.3. The van der Waals surface area contributed by atoms with Crippen LogP contribution in [0, 0.1) is 13.8 Å². The van der Waals surface area contributed by atoms with E-state index in [2.05, 4.69) is 16.9 Å². The molecule has 28 heavy (non-hydrogen) atoms. The molecule has 2 aromatic rings. The molecule has 0 spiro atoms. The third kappa shape index (κ3) is 4.54. The van der Waals surface area contributed by atoms with Gasteiger partial charge < -0.3 is 9.64 Å². The van der Waals surface area contributed by atoms with Gasteiger partial charge in [0.15, 0.2) is 0 Å². The lowest BCUT2D eigenvalue weighted by molar-refractivity contribution is 0.0594. The normalized spacial score (nSPS) is 15.5. The first kappa shape index (κ1) is 20.4. The molecule has 1 saturated heterocycles. The summed E-state index contributed by atoms with van der Waals surface area (Å²) in [4.78, 5) is 14.7. The summed E-state index contributed by atoms with van der Waals surface area (Å²) in [5.41, 5.74) is 2.77. The summed E-state index contributed by atoms with van der Waals surface area (Å²) in [5.74, 6) is 0.824. The average molecular weight is 403 g/mol. The average Bonchev–Trinajstić information content (AvgIpc) is 2.71. The summed E-state index contributed by atoms with van der Waals surface area (Å²) in [6.45, 7) is 5.31. The van der Waals surface area contributed by atoms with E-state index in [1.165, 1.54) is 19.2 Å². The molecule has 1 amide bonds. The van der Waals surface area contributed by atoms with Gasteiger partial charge >= 0.3 is 0 Å². The minimum atomic E-state index is -3.50. The number of carbonyl (C=O) groups excluding carboxylic acids is 1. The Morgan fingerprint density at radius 1 is 1.07 bits per heavy atom. The topological polar surface area (TPSA) is 75.7 Å². The lowest BCUT2D eigenvalue weighted by Crippen LogP contribution is -2.41. The van der Waals surface area contributed by atoms with E-state index in [0.717, 1.165) is 29.7 Å². The van der Waals surface area contributed by atoms with Crippen LogP contribution in [0.25, 0.3) is 0 Å². The SMILES string of the molecule is CNS(=O)(=O)c1ccc(C(=O)N2CCC(Oc3cc(C)ccc3C)CC2)cc1. The van der Waals surface area contributed by atoms with Crippen LogP contribution in [-0.2, 0) is 10.0 Å². The predicted octanol–water partition coefficient (Wildman–Crippen LogP) is 2.90. The van der Waals surface area contributed by atoms with Crippen molar-refractivity contribution in [2.24, 2.45) is 0 Å². The number of piperidine rings is 1. The molecule has 1 N–H and O–H groups in total. The molecule has 0 aliphatic carbocycles. The molecule has 1 fully saturated rings. The maximum atomic E-state index is 12.7. The maximum absolute atomic E-state index is 12.7. The smallest absolute Gasteiger partial charge is 0.253 e. The van der Waals surface area contributed by atoms with Gasteiger partial charge in [0.25, 0.3) is 5.91 Å². The number of sulfonamides is 1. The zero-order valence-corrected chi connectivity index (χ0v) is 17.3. The molecule has 0 radical (unpaired) electrons. The van der Waals surface area contributed by atoms with Gasteiger partial charge in [-0.25, -0.2) is 13.1 Å².